The van der Waals surface area contributed by atoms with E-state index < -0.39 is 0 Å². The normalized spacial score (nSPS) is 12.6. The van der Waals surface area contributed by atoms with Crippen LogP contribution in [0.2, 0.25) is 0 Å². The Kier molecular flexibility index (Phi) is 7.07. The summed E-state index contributed by atoms with van der Waals surface area (Å²) in [5, 5.41) is 0. The Labute approximate surface area is 85.8 Å². The third kappa shape index (κ3) is 7.77. The molecule has 0 unspecified atom stereocenters. The Morgan fingerprint density at radius 2 is 1.93 bits per heavy atom. The van der Waals surface area contributed by atoms with Crippen molar-refractivity contribution in [1.29, 1.82) is 0 Å². The molecule has 3 heteroatoms. The van der Waals surface area contributed by atoms with Crippen LogP contribution in [0.25, 0.3) is 0 Å². The monoisotopic (exact) mass is 200 g/mol. The summed E-state index contributed by atoms with van der Waals surface area (Å²) >= 11 is 0. The molecule has 0 aliphatic rings. The van der Waals surface area contributed by atoms with E-state index in [9.17, 15) is 9.59 Å². The highest BCUT2D eigenvalue weighted by atomic mass is 16.5. The molecule has 0 aromatic rings. The summed E-state index contributed by atoms with van der Waals surface area (Å²) in [4.78, 5) is 21.3. The summed E-state index contributed by atoms with van der Waals surface area (Å²) in [6, 6.07) is 0. The summed E-state index contributed by atoms with van der Waals surface area (Å²) in [6.07, 6.45) is 3.12. The lowest BCUT2D eigenvalue weighted by Crippen LogP contribution is -2.15. The topological polar surface area (TPSA) is 43.4 Å². The number of hydrogen-bond donors (Lipinski definition) is 0. The van der Waals surface area contributed by atoms with Crippen molar-refractivity contribution in [1.82, 2.24) is 0 Å². The highest BCUT2D eigenvalue weighted by molar-refractivity contribution is 5.69. The van der Waals surface area contributed by atoms with E-state index in [4.69, 9.17) is 4.74 Å². The Bertz CT molecular complexity index is 175. The summed E-state index contributed by atoms with van der Waals surface area (Å²) in [6.45, 7) is 5.96. The molecule has 0 saturated heterocycles. The van der Waals surface area contributed by atoms with Gasteiger partial charge in [-0.05, 0) is 25.7 Å². The van der Waals surface area contributed by atoms with Crippen LogP contribution in [-0.2, 0) is 14.3 Å². The van der Waals surface area contributed by atoms with E-state index in [1.807, 2.05) is 6.92 Å². The molecule has 82 valence electrons. The maximum atomic E-state index is 11.2. The Morgan fingerprint density at radius 1 is 1.29 bits per heavy atom. The van der Waals surface area contributed by atoms with E-state index in [0.29, 0.717) is 25.2 Å². The smallest absolute Gasteiger partial charge is 0.306 e. The van der Waals surface area contributed by atoms with Crippen LogP contribution in [0, 0.1) is 5.92 Å². The lowest BCUT2D eigenvalue weighted by atomic mass is 10.1. The third-order valence-electron chi connectivity index (χ3n) is 1.95. The number of ether oxygens (including phenoxy) is 1. The molecule has 3 nitrogen and oxygen atoms in total. The van der Waals surface area contributed by atoms with E-state index in [2.05, 4.69) is 13.8 Å². The quantitative estimate of drug-likeness (QED) is 0.468. The van der Waals surface area contributed by atoms with Gasteiger partial charge in [-0.15, -0.1) is 0 Å². The van der Waals surface area contributed by atoms with Crippen LogP contribution in [-0.4, -0.2) is 18.4 Å². The molecule has 0 fully saturated rings. The van der Waals surface area contributed by atoms with Gasteiger partial charge in [-0.25, -0.2) is 0 Å². The average Bonchev–Trinajstić information content (AvgIpc) is 2.11. The van der Waals surface area contributed by atoms with Gasteiger partial charge in [0.25, 0.3) is 0 Å². The van der Waals surface area contributed by atoms with Crippen molar-refractivity contribution in [3.8, 4) is 0 Å². The van der Waals surface area contributed by atoms with Gasteiger partial charge in [-0.3, -0.25) is 4.79 Å². The molecule has 0 bridgehead atoms. The fraction of sp³-hybridized carbons (Fsp3) is 0.818. The van der Waals surface area contributed by atoms with Gasteiger partial charge in [0, 0.05) is 12.8 Å². The van der Waals surface area contributed by atoms with Gasteiger partial charge < -0.3 is 9.53 Å². The molecule has 0 saturated carbocycles. The lowest BCUT2D eigenvalue weighted by Gasteiger charge is -2.12. The van der Waals surface area contributed by atoms with Crippen molar-refractivity contribution in [2.24, 2.45) is 5.92 Å². The van der Waals surface area contributed by atoms with Crippen molar-refractivity contribution in [3.05, 3.63) is 0 Å². The minimum atomic E-state index is -0.155. The van der Waals surface area contributed by atoms with Crippen LogP contribution < -0.4 is 0 Å². The summed E-state index contributed by atoms with van der Waals surface area (Å²) in [5.41, 5.74) is 0. The first-order valence-electron chi connectivity index (χ1n) is 5.19. The van der Waals surface area contributed by atoms with Gasteiger partial charge in [-0.1, -0.05) is 13.8 Å². The highest BCUT2D eigenvalue weighted by Gasteiger charge is 2.09. The molecule has 0 heterocycles. The van der Waals surface area contributed by atoms with Crippen molar-refractivity contribution < 1.29 is 14.3 Å². The van der Waals surface area contributed by atoms with Crippen molar-refractivity contribution in [2.45, 2.75) is 52.6 Å². The van der Waals surface area contributed by atoms with Crippen LogP contribution >= 0.6 is 0 Å². The number of hydrogen-bond acceptors (Lipinski definition) is 3. The molecule has 0 aromatic heterocycles. The maximum absolute atomic E-state index is 11.2. The van der Waals surface area contributed by atoms with Gasteiger partial charge in [0.05, 0.1) is 6.10 Å². The summed E-state index contributed by atoms with van der Waals surface area (Å²) in [5.74, 6) is 0.366. The summed E-state index contributed by atoms with van der Waals surface area (Å²) in [7, 11) is 0. The second-order valence-corrected chi connectivity index (χ2v) is 3.98. The fourth-order valence-corrected chi connectivity index (χ4v) is 1.05. The summed E-state index contributed by atoms with van der Waals surface area (Å²) < 4.78 is 5.11. The van der Waals surface area contributed by atoms with E-state index >= 15 is 0 Å². The molecule has 0 aliphatic heterocycles. The van der Waals surface area contributed by atoms with Gasteiger partial charge >= 0.3 is 5.97 Å². The molecule has 0 N–H and O–H groups in total. The molecular weight excluding hydrogens is 180 g/mol. The van der Waals surface area contributed by atoms with E-state index in [0.717, 1.165) is 12.7 Å². The molecule has 0 amide bonds. The second-order valence-electron chi connectivity index (χ2n) is 3.98. The minimum absolute atomic E-state index is 0.139. The van der Waals surface area contributed by atoms with Gasteiger partial charge in [0.1, 0.15) is 6.29 Å². The number of rotatable bonds is 7. The Morgan fingerprint density at radius 3 is 2.43 bits per heavy atom. The van der Waals surface area contributed by atoms with Gasteiger partial charge in [0.15, 0.2) is 0 Å². The molecule has 0 spiro atoms. The SMILES string of the molecule is CC(C)CCC(=O)O[C@H](C)CCC=O. The third-order valence-corrected chi connectivity index (χ3v) is 1.95. The second kappa shape index (κ2) is 7.54. The molecule has 0 radical (unpaired) electrons. The van der Waals surface area contributed by atoms with Crippen LogP contribution in [0.15, 0.2) is 0 Å². The largest absolute Gasteiger partial charge is 0.463 e. The minimum Gasteiger partial charge on any atom is -0.463 e. The Hall–Kier alpha value is -0.860. The van der Waals surface area contributed by atoms with Crippen LogP contribution in [0.3, 0.4) is 0 Å². The molecule has 1 atom stereocenters. The zero-order chi connectivity index (χ0) is 11.0. The van der Waals surface area contributed by atoms with E-state index in [1.54, 1.807) is 0 Å². The van der Waals surface area contributed by atoms with Gasteiger partial charge in [0.2, 0.25) is 0 Å². The molecule has 14 heavy (non-hydrogen) atoms. The maximum Gasteiger partial charge on any atom is 0.306 e. The predicted octanol–water partition coefficient (Wildman–Crippen LogP) is 2.33. The van der Waals surface area contributed by atoms with E-state index in [-0.39, 0.29) is 12.1 Å². The molecular formula is C11H20O3. The standard InChI is InChI=1S/C11H20O3/c1-9(2)6-7-11(13)14-10(3)5-4-8-12/h8-10H,4-7H2,1-3H3/t10-/m1/s1. The Balaban J connectivity index is 3.54. The van der Waals surface area contributed by atoms with Gasteiger partial charge in [-0.2, -0.15) is 0 Å². The number of esters is 1. The zero-order valence-electron chi connectivity index (χ0n) is 9.29. The first kappa shape index (κ1) is 13.1. The average molecular weight is 200 g/mol. The molecule has 0 rings (SSSR count). The van der Waals surface area contributed by atoms with Crippen LogP contribution in [0.5, 0.6) is 0 Å². The fourth-order valence-electron chi connectivity index (χ4n) is 1.05. The molecule has 0 aromatic carbocycles. The number of carbonyl (C=O) groups is 2. The molecule has 0 aliphatic carbocycles. The van der Waals surface area contributed by atoms with Crippen LogP contribution in [0.4, 0.5) is 0 Å². The highest BCUT2D eigenvalue weighted by Crippen LogP contribution is 2.07. The number of aldehydes is 1. The van der Waals surface area contributed by atoms with Crippen molar-refractivity contribution in [2.75, 3.05) is 0 Å². The van der Waals surface area contributed by atoms with E-state index in [1.165, 1.54) is 0 Å². The first-order valence-corrected chi connectivity index (χ1v) is 5.19. The lowest BCUT2D eigenvalue weighted by molar-refractivity contribution is -0.149. The van der Waals surface area contributed by atoms with Crippen molar-refractivity contribution in [3.63, 3.8) is 0 Å². The number of carbonyl (C=O) groups excluding carboxylic acids is 2. The van der Waals surface area contributed by atoms with Crippen molar-refractivity contribution >= 4 is 12.3 Å². The predicted molar refractivity (Wildman–Crippen MR) is 54.9 cm³/mol. The van der Waals surface area contributed by atoms with Crippen LogP contribution in [0.1, 0.15) is 46.5 Å². The first-order chi connectivity index (χ1) is 6.56. The zero-order valence-corrected chi connectivity index (χ0v) is 9.29.